The van der Waals surface area contributed by atoms with Crippen LogP contribution in [0, 0.1) is 5.92 Å². The number of rotatable bonds is 7. The summed E-state index contributed by atoms with van der Waals surface area (Å²) in [6, 6.07) is 3.21. The topological polar surface area (TPSA) is 83.1 Å². The maximum absolute atomic E-state index is 12.5. The number of amides is 3. The van der Waals surface area contributed by atoms with Crippen molar-refractivity contribution in [3.8, 4) is 0 Å². The quantitative estimate of drug-likeness (QED) is 0.710. The van der Waals surface area contributed by atoms with Gasteiger partial charge in [0.25, 0.3) is 0 Å². The van der Waals surface area contributed by atoms with E-state index >= 15 is 0 Å². The molecule has 1 aliphatic carbocycles. The summed E-state index contributed by atoms with van der Waals surface area (Å²) in [7, 11) is 0. The fourth-order valence-corrected chi connectivity index (χ4v) is 3.15. The lowest BCUT2D eigenvalue weighted by Crippen LogP contribution is -2.52. The van der Waals surface area contributed by atoms with Crippen LogP contribution in [0.4, 0.5) is 4.79 Å². The van der Waals surface area contributed by atoms with Crippen LogP contribution in [-0.2, 0) is 11.3 Å². The number of hydrogen-bond donors (Lipinski definition) is 3. The molecule has 2 rings (SSSR count). The number of aromatic nitrogens is 1. The number of carbonyl (C=O) groups excluding carboxylic acids is 2. The molecule has 3 N–H and O–H groups in total. The van der Waals surface area contributed by atoms with E-state index in [2.05, 4.69) is 20.9 Å². The van der Waals surface area contributed by atoms with Gasteiger partial charge in [0.2, 0.25) is 5.91 Å². The van der Waals surface area contributed by atoms with E-state index in [1.807, 2.05) is 26.0 Å². The smallest absolute Gasteiger partial charge is 0.315 e. The SMILES string of the molecule is CC(C)C[C@H](NC(=O)NC1CCCCC1)C(=O)NCc1cccnc1. The summed E-state index contributed by atoms with van der Waals surface area (Å²) < 4.78 is 0. The van der Waals surface area contributed by atoms with E-state index < -0.39 is 6.04 Å². The molecule has 0 unspecified atom stereocenters. The Balaban J connectivity index is 1.85. The van der Waals surface area contributed by atoms with E-state index in [1.165, 1.54) is 6.42 Å². The minimum absolute atomic E-state index is 0.156. The molecule has 1 fully saturated rings. The molecule has 0 aliphatic heterocycles. The third-order valence-electron chi connectivity index (χ3n) is 4.46. The first kappa shape index (κ1) is 19.2. The highest BCUT2D eigenvalue weighted by molar-refractivity contribution is 5.87. The van der Waals surface area contributed by atoms with Crippen LogP contribution in [0.15, 0.2) is 24.5 Å². The second-order valence-corrected chi connectivity index (χ2v) is 7.21. The van der Waals surface area contributed by atoms with Crippen LogP contribution in [0.5, 0.6) is 0 Å². The van der Waals surface area contributed by atoms with Gasteiger partial charge in [-0.05, 0) is 36.8 Å². The molecule has 1 saturated carbocycles. The van der Waals surface area contributed by atoms with Crippen molar-refractivity contribution in [2.45, 2.75) is 71.0 Å². The molecular weight excluding hydrogens is 316 g/mol. The van der Waals surface area contributed by atoms with Crippen LogP contribution in [0.2, 0.25) is 0 Å². The van der Waals surface area contributed by atoms with Crippen molar-refractivity contribution in [3.05, 3.63) is 30.1 Å². The van der Waals surface area contributed by atoms with Crippen molar-refractivity contribution in [2.75, 3.05) is 0 Å². The molecule has 1 aromatic heterocycles. The standard InChI is InChI=1S/C19H30N4O2/c1-14(2)11-17(18(24)21-13-15-7-6-10-20-12-15)23-19(25)22-16-8-4-3-5-9-16/h6-7,10,12,14,16-17H,3-5,8-9,11,13H2,1-2H3,(H,21,24)(H2,22,23,25)/t17-/m0/s1. The Morgan fingerprint density at radius 3 is 2.64 bits per heavy atom. The van der Waals surface area contributed by atoms with Gasteiger partial charge in [-0.3, -0.25) is 9.78 Å². The molecular formula is C19H30N4O2. The van der Waals surface area contributed by atoms with Gasteiger partial charge in [0.15, 0.2) is 0 Å². The Kier molecular flexibility index (Phi) is 7.70. The zero-order valence-corrected chi connectivity index (χ0v) is 15.3. The van der Waals surface area contributed by atoms with Gasteiger partial charge in [-0.1, -0.05) is 39.2 Å². The first-order valence-corrected chi connectivity index (χ1v) is 9.28. The molecule has 1 aliphatic rings. The molecule has 0 aromatic carbocycles. The summed E-state index contributed by atoms with van der Waals surface area (Å²) in [5, 5.41) is 8.76. The number of nitrogens with one attached hydrogen (secondary N) is 3. The number of nitrogens with zero attached hydrogens (tertiary/aromatic N) is 1. The van der Waals surface area contributed by atoms with Crippen molar-refractivity contribution >= 4 is 11.9 Å². The summed E-state index contributed by atoms with van der Waals surface area (Å²) in [6.07, 6.45) is 9.64. The van der Waals surface area contributed by atoms with Gasteiger partial charge in [0.05, 0.1) is 0 Å². The van der Waals surface area contributed by atoms with Crippen LogP contribution in [0.3, 0.4) is 0 Å². The minimum atomic E-state index is -0.528. The number of hydrogen-bond acceptors (Lipinski definition) is 3. The second-order valence-electron chi connectivity index (χ2n) is 7.21. The monoisotopic (exact) mass is 346 g/mol. The van der Waals surface area contributed by atoms with E-state index in [1.54, 1.807) is 12.4 Å². The lowest BCUT2D eigenvalue weighted by atomic mass is 9.96. The summed E-state index contributed by atoms with van der Waals surface area (Å²) >= 11 is 0. The fraction of sp³-hybridized carbons (Fsp3) is 0.632. The van der Waals surface area contributed by atoms with E-state index in [0.717, 1.165) is 31.2 Å². The second kappa shape index (κ2) is 10.0. The maximum Gasteiger partial charge on any atom is 0.315 e. The molecule has 0 radical (unpaired) electrons. The van der Waals surface area contributed by atoms with Crippen molar-refractivity contribution in [1.82, 2.24) is 20.9 Å². The molecule has 3 amide bonds. The number of urea groups is 1. The van der Waals surface area contributed by atoms with Gasteiger partial charge < -0.3 is 16.0 Å². The Hall–Kier alpha value is -2.11. The van der Waals surface area contributed by atoms with Gasteiger partial charge in [0, 0.05) is 25.0 Å². The van der Waals surface area contributed by atoms with Crippen LogP contribution in [0.1, 0.15) is 57.9 Å². The lowest BCUT2D eigenvalue weighted by Gasteiger charge is -2.25. The first-order chi connectivity index (χ1) is 12.0. The Labute approximate surface area is 150 Å². The van der Waals surface area contributed by atoms with Crippen molar-refractivity contribution in [3.63, 3.8) is 0 Å². The average Bonchev–Trinajstić information content (AvgIpc) is 2.60. The van der Waals surface area contributed by atoms with Crippen LogP contribution < -0.4 is 16.0 Å². The zero-order valence-electron chi connectivity index (χ0n) is 15.3. The van der Waals surface area contributed by atoms with Crippen molar-refractivity contribution < 1.29 is 9.59 Å². The van der Waals surface area contributed by atoms with E-state index in [0.29, 0.717) is 18.9 Å². The van der Waals surface area contributed by atoms with Crippen LogP contribution in [-0.4, -0.2) is 29.0 Å². The predicted molar refractivity (Wildman–Crippen MR) is 97.9 cm³/mol. The third kappa shape index (κ3) is 7.11. The summed E-state index contributed by atoms with van der Waals surface area (Å²) in [4.78, 5) is 28.8. The molecule has 0 bridgehead atoms. The van der Waals surface area contributed by atoms with E-state index in [-0.39, 0.29) is 18.0 Å². The molecule has 138 valence electrons. The highest BCUT2D eigenvalue weighted by Crippen LogP contribution is 2.17. The van der Waals surface area contributed by atoms with Gasteiger partial charge in [-0.2, -0.15) is 0 Å². The zero-order chi connectivity index (χ0) is 18.1. The lowest BCUT2D eigenvalue weighted by molar-refractivity contribution is -0.123. The molecule has 1 heterocycles. The maximum atomic E-state index is 12.5. The highest BCUT2D eigenvalue weighted by atomic mass is 16.2. The van der Waals surface area contributed by atoms with Gasteiger partial charge >= 0.3 is 6.03 Å². The van der Waals surface area contributed by atoms with E-state index in [4.69, 9.17) is 0 Å². The minimum Gasteiger partial charge on any atom is -0.350 e. The van der Waals surface area contributed by atoms with E-state index in [9.17, 15) is 9.59 Å². The number of pyridine rings is 1. The molecule has 1 atom stereocenters. The van der Waals surface area contributed by atoms with Crippen molar-refractivity contribution in [1.29, 1.82) is 0 Å². The normalized spacial score (nSPS) is 16.3. The first-order valence-electron chi connectivity index (χ1n) is 9.28. The molecule has 0 spiro atoms. The highest BCUT2D eigenvalue weighted by Gasteiger charge is 2.23. The summed E-state index contributed by atoms with van der Waals surface area (Å²) in [5.41, 5.74) is 0.936. The fourth-order valence-electron chi connectivity index (χ4n) is 3.15. The summed E-state index contributed by atoms with van der Waals surface area (Å²) in [6.45, 7) is 4.50. The van der Waals surface area contributed by atoms with Gasteiger partial charge in [-0.15, -0.1) is 0 Å². The summed E-state index contributed by atoms with van der Waals surface area (Å²) in [5.74, 6) is 0.153. The van der Waals surface area contributed by atoms with Crippen LogP contribution >= 0.6 is 0 Å². The predicted octanol–water partition coefficient (Wildman–Crippen LogP) is 2.74. The largest absolute Gasteiger partial charge is 0.350 e. The van der Waals surface area contributed by atoms with Crippen molar-refractivity contribution in [2.24, 2.45) is 5.92 Å². The molecule has 6 heteroatoms. The Morgan fingerprint density at radius 1 is 1.24 bits per heavy atom. The average molecular weight is 346 g/mol. The van der Waals surface area contributed by atoms with Crippen LogP contribution in [0.25, 0.3) is 0 Å². The molecule has 0 saturated heterocycles. The Morgan fingerprint density at radius 2 is 2.00 bits per heavy atom. The molecule has 25 heavy (non-hydrogen) atoms. The molecule has 6 nitrogen and oxygen atoms in total. The van der Waals surface area contributed by atoms with Gasteiger partial charge in [0.1, 0.15) is 6.04 Å². The Bertz CT molecular complexity index is 542. The third-order valence-corrected chi connectivity index (χ3v) is 4.46. The molecule has 1 aromatic rings. The number of carbonyl (C=O) groups is 2. The van der Waals surface area contributed by atoms with Gasteiger partial charge in [-0.25, -0.2) is 4.79 Å².